The molecule has 0 aliphatic carbocycles. The molecule has 4 nitrogen and oxygen atoms in total. The van der Waals surface area contributed by atoms with Crippen molar-refractivity contribution < 1.29 is 31.5 Å². The van der Waals surface area contributed by atoms with Crippen molar-refractivity contribution in [2.24, 2.45) is 0 Å². The number of rotatable bonds is 4. The Hall–Kier alpha value is -2.24. The van der Waals surface area contributed by atoms with Crippen molar-refractivity contribution in [1.82, 2.24) is 4.98 Å². The van der Waals surface area contributed by atoms with E-state index in [0.717, 1.165) is 0 Å². The molecule has 0 bridgehead atoms. The van der Waals surface area contributed by atoms with Crippen molar-refractivity contribution in [3.05, 3.63) is 28.6 Å². The zero-order chi connectivity index (χ0) is 16.2. The molecular weight excluding hydrogens is 299 g/mol. The highest BCUT2D eigenvalue weighted by atomic mass is 19.4. The smallest absolute Gasteiger partial charge is 0.419 e. The second-order valence-electron chi connectivity index (χ2n) is 3.81. The Morgan fingerprint density at radius 3 is 2.52 bits per heavy atom. The number of hydrogen-bond acceptors (Lipinski definition) is 4. The summed E-state index contributed by atoms with van der Waals surface area (Å²) in [6.45, 7) is 1.35. The quantitative estimate of drug-likeness (QED) is 0.633. The maximum absolute atomic E-state index is 12.9. The third-order valence-electron chi connectivity index (χ3n) is 2.36. The van der Waals surface area contributed by atoms with Crippen molar-refractivity contribution in [1.29, 1.82) is 5.26 Å². The van der Waals surface area contributed by atoms with E-state index >= 15 is 0 Å². The third kappa shape index (κ3) is 4.11. The molecule has 9 heteroatoms. The molecule has 0 fully saturated rings. The van der Waals surface area contributed by atoms with Gasteiger partial charge >= 0.3 is 12.1 Å². The molecule has 0 aliphatic heterocycles. The highest BCUT2D eigenvalue weighted by molar-refractivity contribution is 5.73. The minimum atomic E-state index is -5.00. The monoisotopic (exact) mass is 308 g/mol. The first kappa shape index (κ1) is 16.8. The third-order valence-corrected chi connectivity index (χ3v) is 2.36. The first-order valence-electron chi connectivity index (χ1n) is 5.65. The minimum Gasteiger partial charge on any atom is -0.466 e. The fourth-order valence-corrected chi connectivity index (χ4v) is 1.61. The number of ether oxygens (including phenoxy) is 1. The van der Waals surface area contributed by atoms with E-state index in [1.807, 2.05) is 0 Å². The summed E-state index contributed by atoms with van der Waals surface area (Å²) in [4.78, 5) is 14.4. The molecule has 0 radical (unpaired) electrons. The lowest BCUT2D eigenvalue weighted by molar-refractivity contribution is -0.143. The Kier molecular flexibility index (Phi) is 5.18. The topological polar surface area (TPSA) is 63.0 Å². The van der Waals surface area contributed by atoms with Crippen LogP contribution < -0.4 is 0 Å². The Bertz CT molecular complexity index is 578. The molecule has 0 aromatic carbocycles. The number of aromatic nitrogens is 1. The van der Waals surface area contributed by atoms with Crippen LogP contribution in [0.15, 0.2) is 6.07 Å². The molecule has 0 atom stereocenters. The number of alkyl halides is 5. The number of nitrogens with zero attached hydrogens (tertiary/aromatic N) is 2. The normalized spacial score (nSPS) is 11.3. The zero-order valence-corrected chi connectivity index (χ0v) is 10.7. The van der Waals surface area contributed by atoms with E-state index < -0.39 is 47.5 Å². The average Bonchev–Trinajstić information content (AvgIpc) is 2.36. The van der Waals surface area contributed by atoms with Gasteiger partial charge in [0.25, 0.3) is 6.43 Å². The predicted molar refractivity (Wildman–Crippen MR) is 59.2 cm³/mol. The highest BCUT2D eigenvalue weighted by Gasteiger charge is 2.38. The average molecular weight is 308 g/mol. The maximum Gasteiger partial charge on any atom is 0.419 e. The summed E-state index contributed by atoms with van der Waals surface area (Å²) in [7, 11) is 0. The van der Waals surface area contributed by atoms with Crippen LogP contribution in [0.4, 0.5) is 22.0 Å². The van der Waals surface area contributed by atoms with Gasteiger partial charge < -0.3 is 4.74 Å². The lowest BCUT2D eigenvalue weighted by Gasteiger charge is -2.15. The maximum atomic E-state index is 12.9. The van der Waals surface area contributed by atoms with Gasteiger partial charge in [-0.2, -0.15) is 18.4 Å². The van der Waals surface area contributed by atoms with Gasteiger partial charge in [-0.05, 0) is 13.0 Å². The van der Waals surface area contributed by atoms with Crippen molar-refractivity contribution in [3.63, 3.8) is 0 Å². The fourth-order valence-electron chi connectivity index (χ4n) is 1.61. The molecule has 1 aromatic rings. The Balaban J connectivity index is 3.45. The van der Waals surface area contributed by atoms with E-state index in [2.05, 4.69) is 9.72 Å². The Morgan fingerprint density at radius 1 is 1.48 bits per heavy atom. The van der Waals surface area contributed by atoms with Gasteiger partial charge in [-0.15, -0.1) is 0 Å². The molecule has 0 amide bonds. The van der Waals surface area contributed by atoms with Gasteiger partial charge in [0.05, 0.1) is 35.9 Å². The zero-order valence-electron chi connectivity index (χ0n) is 10.7. The largest absolute Gasteiger partial charge is 0.466 e. The van der Waals surface area contributed by atoms with Crippen molar-refractivity contribution >= 4 is 5.97 Å². The molecular formula is C12H9F5N2O2. The molecule has 0 unspecified atom stereocenters. The van der Waals surface area contributed by atoms with E-state index in [9.17, 15) is 26.7 Å². The standard InChI is InChI=1S/C12H9F5N2O2/c1-2-21-9(20)4-7-10(12(15,16)17)6(5-18)3-8(19-7)11(13)14/h3,11H,2,4H2,1H3. The summed E-state index contributed by atoms with van der Waals surface area (Å²) in [6, 6.07) is 1.56. The van der Waals surface area contributed by atoms with Crippen LogP contribution in [0.25, 0.3) is 0 Å². The first-order valence-corrected chi connectivity index (χ1v) is 5.65. The number of esters is 1. The van der Waals surface area contributed by atoms with Crippen LogP contribution in [0.1, 0.15) is 35.9 Å². The van der Waals surface area contributed by atoms with Gasteiger partial charge in [-0.3, -0.25) is 9.78 Å². The molecule has 0 spiro atoms. The van der Waals surface area contributed by atoms with Gasteiger partial charge in [0, 0.05) is 0 Å². The van der Waals surface area contributed by atoms with E-state index in [4.69, 9.17) is 5.26 Å². The number of halogens is 5. The Labute approximate surface area is 116 Å². The molecule has 1 aromatic heterocycles. The number of pyridine rings is 1. The summed E-state index contributed by atoms with van der Waals surface area (Å²) < 4.78 is 68.5. The number of carbonyl (C=O) groups excluding carboxylic acids is 1. The number of carbonyl (C=O) groups is 1. The van der Waals surface area contributed by atoms with Crippen LogP contribution >= 0.6 is 0 Å². The minimum absolute atomic E-state index is 0.0835. The van der Waals surface area contributed by atoms with Gasteiger partial charge in [-0.1, -0.05) is 0 Å². The lowest BCUT2D eigenvalue weighted by atomic mass is 10.0. The Morgan fingerprint density at radius 2 is 2.10 bits per heavy atom. The molecule has 1 rings (SSSR count). The summed E-state index contributed by atoms with van der Waals surface area (Å²) in [6.07, 6.45) is -9.11. The van der Waals surface area contributed by atoms with Crippen LogP contribution in [0.2, 0.25) is 0 Å². The second kappa shape index (κ2) is 6.47. The SMILES string of the molecule is CCOC(=O)Cc1nc(C(F)F)cc(C#N)c1C(F)(F)F. The summed E-state index contributed by atoms with van der Waals surface area (Å²) in [5.74, 6) is -1.05. The molecule has 0 saturated carbocycles. The van der Waals surface area contributed by atoms with Crippen molar-refractivity contribution in [3.8, 4) is 6.07 Å². The van der Waals surface area contributed by atoms with Crippen molar-refractivity contribution in [2.75, 3.05) is 6.61 Å². The molecule has 114 valence electrons. The first-order chi connectivity index (χ1) is 9.70. The number of nitriles is 1. The molecule has 0 N–H and O–H groups in total. The van der Waals surface area contributed by atoms with Gasteiger partial charge in [-0.25, -0.2) is 8.78 Å². The highest BCUT2D eigenvalue weighted by Crippen LogP contribution is 2.35. The van der Waals surface area contributed by atoms with Crippen LogP contribution in [-0.4, -0.2) is 17.6 Å². The fraction of sp³-hybridized carbons (Fsp3) is 0.417. The van der Waals surface area contributed by atoms with Crippen LogP contribution in [0.5, 0.6) is 0 Å². The summed E-state index contributed by atoms with van der Waals surface area (Å²) >= 11 is 0. The van der Waals surface area contributed by atoms with Crippen molar-refractivity contribution in [2.45, 2.75) is 25.9 Å². The van der Waals surface area contributed by atoms with E-state index in [-0.39, 0.29) is 6.61 Å². The van der Waals surface area contributed by atoms with Gasteiger partial charge in [0.1, 0.15) is 5.69 Å². The summed E-state index contributed by atoms with van der Waals surface area (Å²) in [5.41, 5.74) is -4.45. The predicted octanol–water partition coefficient (Wildman–Crippen LogP) is 3.02. The summed E-state index contributed by atoms with van der Waals surface area (Å²) in [5, 5.41) is 8.71. The number of hydrogen-bond donors (Lipinski definition) is 0. The molecule has 0 aliphatic rings. The lowest BCUT2D eigenvalue weighted by Crippen LogP contribution is -2.19. The van der Waals surface area contributed by atoms with E-state index in [1.54, 1.807) is 0 Å². The van der Waals surface area contributed by atoms with Crippen LogP contribution in [-0.2, 0) is 22.1 Å². The van der Waals surface area contributed by atoms with Gasteiger partial charge in [0.15, 0.2) is 0 Å². The van der Waals surface area contributed by atoms with E-state index in [1.165, 1.54) is 13.0 Å². The second-order valence-corrected chi connectivity index (χ2v) is 3.81. The van der Waals surface area contributed by atoms with Crippen LogP contribution in [0, 0.1) is 11.3 Å². The molecule has 1 heterocycles. The molecule has 21 heavy (non-hydrogen) atoms. The van der Waals surface area contributed by atoms with E-state index in [0.29, 0.717) is 6.07 Å². The molecule has 0 saturated heterocycles. The van der Waals surface area contributed by atoms with Crippen LogP contribution in [0.3, 0.4) is 0 Å². The van der Waals surface area contributed by atoms with Gasteiger partial charge in [0.2, 0.25) is 0 Å².